The summed E-state index contributed by atoms with van der Waals surface area (Å²) in [5, 5.41) is 0. The largest absolute Gasteiger partial charge is 0.392 e. The summed E-state index contributed by atoms with van der Waals surface area (Å²) >= 11 is 6.96. The van der Waals surface area contributed by atoms with E-state index in [2.05, 4.69) is 18.1 Å². The van der Waals surface area contributed by atoms with Gasteiger partial charge in [-0.05, 0) is 38.7 Å². The van der Waals surface area contributed by atoms with E-state index in [0.29, 0.717) is 4.99 Å². The molecule has 4 heteroatoms. The zero-order chi connectivity index (χ0) is 9.90. The van der Waals surface area contributed by atoms with Gasteiger partial charge in [-0.2, -0.15) is 11.8 Å². The quantitative estimate of drug-likeness (QED) is 0.727. The van der Waals surface area contributed by atoms with Gasteiger partial charge in [0.2, 0.25) is 0 Å². The number of piperidine rings is 1. The lowest BCUT2D eigenvalue weighted by atomic mass is 9.95. The average molecular weight is 218 g/mol. The van der Waals surface area contributed by atoms with Crippen molar-refractivity contribution in [3.63, 3.8) is 0 Å². The van der Waals surface area contributed by atoms with Crippen LogP contribution in [-0.4, -0.2) is 40.5 Å². The first-order chi connectivity index (χ1) is 6.14. The first kappa shape index (κ1) is 11.3. The van der Waals surface area contributed by atoms with E-state index >= 15 is 0 Å². The number of rotatable bonds is 3. The molecule has 0 atom stereocenters. The van der Waals surface area contributed by atoms with E-state index in [4.69, 9.17) is 18.0 Å². The highest BCUT2D eigenvalue weighted by Gasteiger charge is 2.35. The van der Waals surface area contributed by atoms with Gasteiger partial charge in [0.1, 0.15) is 0 Å². The van der Waals surface area contributed by atoms with E-state index in [-0.39, 0.29) is 4.75 Å². The standard InChI is InChI=1S/C9H18N2S2/c1-3-11-6-4-9(13-2,5-7-11)8(10)12/h3-7H2,1-2H3,(H2,10,12). The molecule has 0 aromatic rings. The molecule has 1 aliphatic heterocycles. The Kier molecular flexibility index (Phi) is 4.01. The molecule has 0 saturated carbocycles. The van der Waals surface area contributed by atoms with Crippen LogP contribution < -0.4 is 5.73 Å². The number of thioether (sulfide) groups is 1. The summed E-state index contributed by atoms with van der Waals surface area (Å²) in [5.41, 5.74) is 5.79. The predicted octanol–water partition coefficient (Wildman–Crippen LogP) is 1.49. The van der Waals surface area contributed by atoms with Gasteiger partial charge in [-0.15, -0.1) is 0 Å². The van der Waals surface area contributed by atoms with Gasteiger partial charge in [-0.25, -0.2) is 0 Å². The molecule has 2 nitrogen and oxygen atoms in total. The van der Waals surface area contributed by atoms with Crippen molar-refractivity contribution < 1.29 is 0 Å². The van der Waals surface area contributed by atoms with Crippen molar-refractivity contribution in [3.8, 4) is 0 Å². The summed E-state index contributed by atoms with van der Waals surface area (Å²) in [5.74, 6) is 0. The monoisotopic (exact) mass is 218 g/mol. The van der Waals surface area contributed by atoms with Crippen LogP contribution in [0.5, 0.6) is 0 Å². The first-order valence-electron chi connectivity index (χ1n) is 4.72. The fraction of sp³-hybridized carbons (Fsp3) is 0.889. The summed E-state index contributed by atoms with van der Waals surface area (Å²) in [6.07, 6.45) is 4.33. The zero-order valence-corrected chi connectivity index (χ0v) is 10.0. The molecule has 2 N–H and O–H groups in total. The fourth-order valence-electron chi connectivity index (χ4n) is 1.78. The number of nitrogens with zero attached hydrogens (tertiary/aromatic N) is 1. The molecule has 1 saturated heterocycles. The molecule has 13 heavy (non-hydrogen) atoms. The molecule has 0 amide bonds. The third-order valence-electron chi connectivity index (χ3n) is 2.95. The van der Waals surface area contributed by atoms with E-state index < -0.39 is 0 Å². The van der Waals surface area contributed by atoms with E-state index in [0.717, 1.165) is 32.5 Å². The smallest absolute Gasteiger partial charge is 0.0891 e. The lowest BCUT2D eigenvalue weighted by Gasteiger charge is -2.39. The first-order valence-corrected chi connectivity index (χ1v) is 6.35. The molecule has 1 heterocycles. The second kappa shape index (κ2) is 4.62. The molecule has 0 aromatic carbocycles. The highest BCUT2D eigenvalue weighted by Crippen LogP contribution is 2.34. The third kappa shape index (κ3) is 2.36. The topological polar surface area (TPSA) is 29.3 Å². The van der Waals surface area contributed by atoms with Crippen molar-refractivity contribution in [1.82, 2.24) is 4.90 Å². The van der Waals surface area contributed by atoms with Crippen molar-refractivity contribution in [1.29, 1.82) is 0 Å². The van der Waals surface area contributed by atoms with E-state index in [9.17, 15) is 0 Å². The molecule has 1 aliphatic rings. The maximum absolute atomic E-state index is 5.79. The minimum atomic E-state index is 0.0843. The predicted molar refractivity (Wildman–Crippen MR) is 64.4 cm³/mol. The van der Waals surface area contributed by atoms with Gasteiger partial charge >= 0.3 is 0 Å². The second-order valence-electron chi connectivity index (χ2n) is 3.50. The molecule has 0 unspecified atom stereocenters. The fourth-order valence-corrected chi connectivity index (χ4v) is 3.03. The van der Waals surface area contributed by atoms with Crippen molar-refractivity contribution in [2.45, 2.75) is 24.5 Å². The van der Waals surface area contributed by atoms with Crippen LogP contribution in [0.1, 0.15) is 19.8 Å². The minimum absolute atomic E-state index is 0.0843. The molecular formula is C9H18N2S2. The second-order valence-corrected chi connectivity index (χ2v) is 5.13. The Hall–Kier alpha value is 0.200. The van der Waals surface area contributed by atoms with Gasteiger partial charge in [-0.3, -0.25) is 0 Å². The molecule has 0 aliphatic carbocycles. The van der Waals surface area contributed by atoms with Crippen LogP contribution >= 0.6 is 24.0 Å². The maximum Gasteiger partial charge on any atom is 0.0891 e. The van der Waals surface area contributed by atoms with Crippen LogP contribution in [0, 0.1) is 0 Å². The lowest BCUT2D eigenvalue weighted by molar-refractivity contribution is 0.231. The Labute approximate surface area is 90.2 Å². The average Bonchev–Trinajstić information content (AvgIpc) is 2.17. The maximum atomic E-state index is 5.79. The Bertz CT molecular complexity index is 186. The number of hydrogen-bond donors (Lipinski definition) is 1. The van der Waals surface area contributed by atoms with Gasteiger partial charge in [-0.1, -0.05) is 19.1 Å². The van der Waals surface area contributed by atoms with Gasteiger partial charge in [0.05, 0.1) is 9.74 Å². The van der Waals surface area contributed by atoms with Gasteiger partial charge < -0.3 is 10.6 Å². The summed E-state index contributed by atoms with van der Waals surface area (Å²) < 4.78 is 0.0843. The molecule has 1 rings (SSSR count). The van der Waals surface area contributed by atoms with E-state index in [1.54, 1.807) is 0 Å². The Morgan fingerprint density at radius 1 is 1.54 bits per heavy atom. The van der Waals surface area contributed by atoms with Crippen molar-refractivity contribution in [3.05, 3.63) is 0 Å². The van der Waals surface area contributed by atoms with Crippen molar-refractivity contribution in [2.24, 2.45) is 5.73 Å². The number of thiocarbonyl (C=S) groups is 1. The third-order valence-corrected chi connectivity index (χ3v) is 4.88. The summed E-state index contributed by atoms with van der Waals surface area (Å²) in [7, 11) is 0. The molecule has 0 spiro atoms. The zero-order valence-electron chi connectivity index (χ0n) is 8.38. The Balaban J connectivity index is 2.58. The van der Waals surface area contributed by atoms with E-state index in [1.807, 2.05) is 11.8 Å². The molecule has 0 aromatic heterocycles. The van der Waals surface area contributed by atoms with E-state index in [1.165, 1.54) is 0 Å². The van der Waals surface area contributed by atoms with Crippen LogP contribution in [0.2, 0.25) is 0 Å². The van der Waals surface area contributed by atoms with Gasteiger partial charge in [0.15, 0.2) is 0 Å². The molecule has 1 fully saturated rings. The van der Waals surface area contributed by atoms with Gasteiger partial charge in [0, 0.05) is 0 Å². The van der Waals surface area contributed by atoms with Crippen LogP contribution in [0.25, 0.3) is 0 Å². The lowest BCUT2D eigenvalue weighted by Crippen LogP contribution is -2.49. The Morgan fingerprint density at radius 3 is 2.38 bits per heavy atom. The normalized spacial score (nSPS) is 22.9. The van der Waals surface area contributed by atoms with Crippen LogP contribution in [-0.2, 0) is 0 Å². The highest BCUT2D eigenvalue weighted by molar-refractivity contribution is 8.01. The minimum Gasteiger partial charge on any atom is -0.392 e. The molecule has 0 bridgehead atoms. The molecule has 0 radical (unpaired) electrons. The summed E-state index contributed by atoms with van der Waals surface area (Å²) in [4.78, 5) is 3.14. The number of nitrogens with two attached hydrogens (primary N) is 1. The van der Waals surface area contributed by atoms with Crippen LogP contribution in [0.4, 0.5) is 0 Å². The highest BCUT2D eigenvalue weighted by atomic mass is 32.2. The van der Waals surface area contributed by atoms with Crippen LogP contribution in [0.3, 0.4) is 0 Å². The number of likely N-dealkylation sites (tertiary alicyclic amines) is 1. The van der Waals surface area contributed by atoms with Gasteiger partial charge in [0.25, 0.3) is 0 Å². The van der Waals surface area contributed by atoms with Crippen molar-refractivity contribution >= 4 is 29.0 Å². The Morgan fingerprint density at radius 2 is 2.08 bits per heavy atom. The van der Waals surface area contributed by atoms with Crippen LogP contribution in [0.15, 0.2) is 0 Å². The molecular weight excluding hydrogens is 200 g/mol. The van der Waals surface area contributed by atoms with Crippen molar-refractivity contribution in [2.75, 3.05) is 25.9 Å². The summed E-state index contributed by atoms with van der Waals surface area (Å²) in [6, 6.07) is 0. The molecule has 76 valence electrons. The number of hydrogen-bond acceptors (Lipinski definition) is 3. The SMILES string of the molecule is CCN1CCC(SC)(C(N)=S)CC1. The summed E-state index contributed by atoms with van der Waals surface area (Å²) in [6.45, 7) is 5.61.